The molecule has 0 saturated heterocycles. The number of primary amides is 1. The second kappa shape index (κ2) is 12.1. The number of hydrogen-bond acceptors (Lipinski definition) is 1. The summed E-state index contributed by atoms with van der Waals surface area (Å²) in [5.74, 6) is 1.08. The minimum absolute atomic E-state index is 0.274. The van der Waals surface area contributed by atoms with Crippen molar-refractivity contribution in [1.29, 1.82) is 0 Å². The lowest BCUT2D eigenvalue weighted by molar-refractivity contribution is 0.0999. The molecule has 0 aliphatic carbocycles. The third kappa shape index (κ3) is 7.22. The van der Waals surface area contributed by atoms with Gasteiger partial charge in [0.2, 0.25) is 5.91 Å². The van der Waals surface area contributed by atoms with E-state index in [2.05, 4.69) is 33.8 Å². The first-order chi connectivity index (χ1) is 12.1. The van der Waals surface area contributed by atoms with Crippen LogP contribution in [0.3, 0.4) is 0 Å². The van der Waals surface area contributed by atoms with Gasteiger partial charge in [0, 0.05) is 5.56 Å². The molecule has 2 unspecified atom stereocenters. The Morgan fingerprint density at radius 2 is 1.48 bits per heavy atom. The normalized spacial score (nSPS) is 13.6. The number of nitrogens with two attached hydrogens (primary N) is 1. The van der Waals surface area contributed by atoms with Gasteiger partial charge in [-0.15, -0.1) is 0 Å². The Morgan fingerprint density at radius 1 is 0.920 bits per heavy atom. The predicted molar refractivity (Wildman–Crippen MR) is 109 cm³/mol. The van der Waals surface area contributed by atoms with E-state index < -0.39 is 0 Å². The standard InChI is InChI=1S/C23H39NO/c1-5-9-12-18(7-3)16-20-14-11-15-21(23(24)25)22(20)17-19(8-4)13-10-6-2/h11,14-15,18-19H,5-10,12-13,16-17H2,1-4H3,(H2,24,25). The van der Waals surface area contributed by atoms with E-state index in [1.807, 2.05) is 12.1 Å². The molecule has 0 radical (unpaired) electrons. The Hall–Kier alpha value is -1.31. The zero-order valence-electron chi connectivity index (χ0n) is 16.9. The maximum atomic E-state index is 12.0. The van der Waals surface area contributed by atoms with Gasteiger partial charge >= 0.3 is 0 Å². The minimum atomic E-state index is -0.274. The molecule has 0 aliphatic rings. The monoisotopic (exact) mass is 345 g/mol. The van der Waals surface area contributed by atoms with E-state index in [0.717, 1.165) is 18.4 Å². The molecule has 0 bridgehead atoms. The molecular weight excluding hydrogens is 306 g/mol. The van der Waals surface area contributed by atoms with Crippen LogP contribution in [-0.2, 0) is 12.8 Å². The van der Waals surface area contributed by atoms with E-state index in [0.29, 0.717) is 11.8 Å². The number of hydrogen-bond donors (Lipinski definition) is 1. The summed E-state index contributed by atoms with van der Waals surface area (Å²) in [5, 5.41) is 0. The maximum absolute atomic E-state index is 12.0. The molecule has 1 aromatic carbocycles. The number of rotatable bonds is 13. The van der Waals surface area contributed by atoms with E-state index >= 15 is 0 Å². The van der Waals surface area contributed by atoms with Crippen LogP contribution in [0, 0.1) is 11.8 Å². The number of carbonyl (C=O) groups is 1. The minimum Gasteiger partial charge on any atom is -0.366 e. The van der Waals surface area contributed by atoms with Crippen LogP contribution in [-0.4, -0.2) is 5.91 Å². The molecule has 1 amide bonds. The van der Waals surface area contributed by atoms with Gasteiger partial charge in [-0.1, -0.05) is 91.2 Å². The molecule has 1 aromatic rings. The zero-order valence-corrected chi connectivity index (χ0v) is 16.9. The van der Waals surface area contributed by atoms with E-state index in [1.54, 1.807) is 0 Å². The van der Waals surface area contributed by atoms with Crippen LogP contribution >= 0.6 is 0 Å². The summed E-state index contributed by atoms with van der Waals surface area (Å²) in [6.45, 7) is 9.05. The van der Waals surface area contributed by atoms with Crippen molar-refractivity contribution in [3.05, 3.63) is 34.9 Å². The Bertz CT molecular complexity index is 509. The SMILES string of the molecule is CCCCC(CC)Cc1cccc(C(N)=O)c1CC(CC)CCCC. The highest BCUT2D eigenvalue weighted by atomic mass is 16.1. The third-order valence-electron chi connectivity index (χ3n) is 5.63. The van der Waals surface area contributed by atoms with Crippen LogP contribution in [0.5, 0.6) is 0 Å². The molecule has 2 N–H and O–H groups in total. The summed E-state index contributed by atoms with van der Waals surface area (Å²) in [5.41, 5.74) is 9.04. The molecular formula is C23H39NO. The van der Waals surface area contributed by atoms with Crippen LogP contribution in [0.15, 0.2) is 18.2 Å². The molecule has 142 valence electrons. The Kier molecular flexibility index (Phi) is 10.5. The summed E-state index contributed by atoms with van der Waals surface area (Å²) >= 11 is 0. The molecule has 25 heavy (non-hydrogen) atoms. The molecule has 0 heterocycles. The second-order valence-electron chi connectivity index (χ2n) is 7.55. The van der Waals surface area contributed by atoms with Crippen molar-refractivity contribution in [2.24, 2.45) is 17.6 Å². The van der Waals surface area contributed by atoms with Crippen LogP contribution in [0.25, 0.3) is 0 Å². The zero-order chi connectivity index (χ0) is 18.7. The van der Waals surface area contributed by atoms with Crippen LogP contribution in [0.4, 0.5) is 0 Å². The fourth-order valence-electron chi connectivity index (χ4n) is 3.78. The number of unbranched alkanes of at least 4 members (excludes halogenated alkanes) is 2. The van der Waals surface area contributed by atoms with Crippen LogP contribution in [0.1, 0.15) is 101 Å². The number of benzene rings is 1. The van der Waals surface area contributed by atoms with Gasteiger partial charge in [0.1, 0.15) is 0 Å². The van der Waals surface area contributed by atoms with Crippen molar-refractivity contribution in [2.45, 2.75) is 91.9 Å². The van der Waals surface area contributed by atoms with E-state index in [-0.39, 0.29) is 5.91 Å². The lowest BCUT2D eigenvalue weighted by Gasteiger charge is -2.22. The molecule has 2 nitrogen and oxygen atoms in total. The molecule has 2 atom stereocenters. The lowest BCUT2D eigenvalue weighted by Crippen LogP contribution is -2.18. The Balaban J connectivity index is 3.06. The average Bonchev–Trinajstić information content (AvgIpc) is 2.62. The van der Waals surface area contributed by atoms with Crippen molar-refractivity contribution in [3.63, 3.8) is 0 Å². The average molecular weight is 346 g/mol. The van der Waals surface area contributed by atoms with Gasteiger partial charge in [0.05, 0.1) is 0 Å². The van der Waals surface area contributed by atoms with Gasteiger partial charge in [0.25, 0.3) is 0 Å². The summed E-state index contributed by atoms with van der Waals surface area (Å²) < 4.78 is 0. The topological polar surface area (TPSA) is 43.1 Å². The van der Waals surface area contributed by atoms with E-state index in [4.69, 9.17) is 5.73 Å². The fraction of sp³-hybridized carbons (Fsp3) is 0.696. The summed E-state index contributed by atoms with van der Waals surface area (Å²) in [6, 6.07) is 6.15. The first-order valence-corrected chi connectivity index (χ1v) is 10.5. The molecule has 0 fully saturated rings. The highest BCUT2D eigenvalue weighted by molar-refractivity contribution is 5.94. The van der Waals surface area contributed by atoms with Crippen LogP contribution < -0.4 is 5.73 Å². The van der Waals surface area contributed by atoms with Gasteiger partial charge in [-0.3, -0.25) is 4.79 Å². The maximum Gasteiger partial charge on any atom is 0.248 e. The van der Waals surface area contributed by atoms with E-state index in [1.165, 1.54) is 62.5 Å². The summed E-state index contributed by atoms with van der Waals surface area (Å²) in [6.07, 6.45) is 12.0. The smallest absolute Gasteiger partial charge is 0.248 e. The highest BCUT2D eigenvalue weighted by Gasteiger charge is 2.18. The van der Waals surface area contributed by atoms with E-state index in [9.17, 15) is 4.79 Å². The van der Waals surface area contributed by atoms with Gasteiger partial charge < -0.3 is 5.73 Å². The van der Waals surface area contributed by atoms with Crippen molar-refractivity contribution < 1.29 is 4.79 Å². The van der Waals surface area contributed by atoms with Crippen molar-refractivity contribution in [1.82, 2.24) is 0 Å². The summed E-state index contributed by atoms with van der Waals surface area (Å²) in [7, 11) is 0. The number of carbonyl (C=O) groups excluding carboxylic acids is 1. The first-order valence-electron chi connectivity index (χ1n) is 10.5. The number of amides is 1. The Morgan fingerprint density at radius 3 is 1.96 bits per heavy atom. The molecule has 1 rings (SSSR count). The predicted octanol–water partition coefficient (Wildman–Crippen LogP) is 6.30. The largest absolute Gasteiger partial charge is 0.366 e. The highest BCUT2D eigenvalue weighted by Crippen LogP contribution is 2.27. The fourth-order valence-corrected chi connectivity index (χ4v) is 3.78. The molecule has 0 saturated carbocycles. The second-order valence-corrected chi connectivity index (χ2v) is 7.55. The van der Waals surface area contributed by atoms with Gasteiger partial charge in [-0.05, 0) is 41.9 Å². The molecule has 2 heteroatoms. The van der Waals surface area contributed by atoms with Gasteiger partial charge in [0.15, 0.2) is 0 Å². The summed E-state index contributed by atoms with van der Waals surface area (Å²) in [4.78, 5) is 12.0. The van der Waals surface area contributed by atoms with Crippen molar-refractivity contribution in [3.8, 4) is 0 Å². The molecule has 0 aromatic heterocycles. The third-order valence-corrected chi connectivity index (χ3v) is 5.63. The van der Waals surface area contributed by atoms with Gasteiger partial charge in [-0.25, -0.2) is 0 Å². The Labute approximate surface area is 155 Å². The molecule has 0 aliphatic heterocycles. The van der Waals surface area contributed by atoms with Crippen molar-refractivity contribution in [2.75, 3.05) is 0 Å². The molecule has 0 spiro atoms. The quantitative estimate of drug-likeness (QED) is 0.447. The van der Waals surface area contributed by atoms with Crippen LogP contribution in [0.2, 0.25) is 0 Å². The van der Waals surface area contributed by atoms with Gasteiger partial charge in [-0.2, -0.15) is 0 Å². The lowest BCUT2D eigenvalue weighted by atomic mass is 9.83. The van der Waals surface area contributed by atoms with Crippen molar-refractivity contribution >= 4 is 5.91 Å². The first kappa shape index (κ1) is 21.7.